The molecule has 26 heavy (non-hydrogen) atoms. The molecule has 1 N–H and O–H groups in total. The quantitative estimate of drug-likeness (QED) is 0.369. The Balaban J connectivity index is 0. The third-order valence-electron chi connectivity index (χ3n) is 4.19. The Kier molecular flexibility index (Phi) is 13.7. The van der Waals surface area contributed by atoms with Gasteiger partial charge in [-0.15, -0.1) is 0 Å². The maximum Gasteiger partial charge on any atom is 1.00 e. The van der Waals surface area contributed by atoms with Crippen molar-refractivity contribution in [3.63, 3.8) is 0 Å². The summed E-state index contributed by atoms with van der Waals surface area (Å²) in [6, 6.07) is 0. The number of ether oxygens (including phenoxy) is 2. The van der Waals surface area contributed by atoms with Crippen molar-refractivity contribution >= 4 is 24.2 Å². The van der Waals surface area contributed by atoms with Crippen LogP contribution in [-0.2, 0) is 9.47 Å². The molecule has 0 aliphatic heterocycles. The number of nitrogens with one attached hydrogen (secondary N) is 1. The monoisotopic (exact) mass is 410 g/mol. The standard InChI is InChI=1S/C19H44NO2Si3.Li/c1-21-14-12-20(13-15-22-2)16-18(17-23(3,4)5)19(24(6,7)8)25(9,10)11;/h17H,12-16H2,1-11H3;/q-1;+1/p+1. The van der Waals surface area contributed by atoms with Gasteiger partial charge in [-0.3, -0.25) is 0 Å². The van der Waals surface area contributed by atoms with E-state index in [-0.39, 0.29) is 18.9 Å². The molecule has 3 nitrogen and oxygen atoms in total. The normalized spacial score (nSPS) is 13.8. The van der Waals surface area contributed by atoms with E-state index in [4.69, 9.17) is 9.47 Å². The Morgan fingerprint density at radius 3 is 1.46 bits per heavy atom. The molecular weight excluding hydrogens is 365 g/mol. The molecule has 0 saturated heterocycles. The molecule has 0 aromatic carbocycles. The van der Waals surface area contributed by atoms with Gasteiger partial charge in [-0.25, -0.2) is 10.9 Å². The van der Waals surface area contributed by atoms with Crippen molar-refractivity contribution in [2.24, 2.45) is 0 Å². The van der Waals surface area contributed by atoms with E-state index < -0.39 is 24.2 Å². The number of methoxy groups -OCH3 is 2. The Labute approximate surface area is 179 Å². The minimum absolute atomic E-state index is 0. The summed E-state index contributed by atoms with van der Waals surface area (Å²) in [5, 5.41) is 1.87. The van der Waals surface area contributed by atoms with Gasteiger partial charge in [0.15, 0.2) is 0 Å². The maximum atomic E-state index is 5.37. The molecule has 0 aromatic rings. The molecule has 0 fully saturated rings. The van der Waals surface area contributed by atoms with Crippen molar-refractivity contribution < 1.29 is 33.2 Å². The second-order valence-electron chi connectivity index (χ2n) is 10.3. The molecule has 0 aliphatic carbocycles. The number of hydrogen-bond donors (Lipinski definition) is 1. The average Bonchev–Trinajstić information content (AvgIpc) is 2.36. The van der Waals surface area contributed by atoms with Gasteiger partial charge in [-0.05, 0) is 24.2 Å². The van der Waals surface area contributed by atoms with Crippen LogP contribution in [0.4, 0.5) is 0 Å². The molecular formula is C19H45LiNO2Si3+. The molecule has 0 bridgehead atoms. The SMILES string of the molecule is COCC[NH+](CCOC)CC(=C[Si](C)(C)C)[C-]([Si](C)(C)C)[Si](C)(C)C.[Li+]. The molecule has 0 saturated carbocycles. The minimum Gasteiger partial charge on any atom is -0.379 e. The predicted molar refractivity (Wildman–Crippen MR) is 121 cm³/mol. The predicted octanol–water partition coefficient (Wildman–Crippen LogP) is 0.301. The van der Waals surface area contributed by atoms with Gasteiger partial charge >= 0.3 is 18.9 Å². The fourth-order valence-corrected chi connectivity index (χ4v) is 16.7. The number of rotatable bonds is 12. The molecule has 0 atom stereocenters. The Bertz CT molecular complexity index is 390. The Morgan fingerprint density at radius 2 is 1.19 bits per heavy atom. The fraction of sp³-hybridized carbons (Fsp3) is 0.842. The Hall–Kier alpha value is 0.738. The number of hydrogen-bond acceptors (Lipinski definition) is 2. The molecule has 150 valence electrons. The molecule has 0 spiro atoms. The van der Waals surface area contributed by atoms with Crippen LogP contribution >= 0.6 is 0 Å². The van der Waals surface area contributed by atoms with Gasteiger partial charge in [0.1, 0.15) is 13.1 Å². The first-order valence-electron chi connectivity index (χ1n) is 9.64. The largest absolute Gasteiger partial charge is 1.00 e. The van der Waals surface area contributed by atoms with E-state index in [1.54, 1.807) is 24.7 Å². The van der Waals surface area contributed by atoms with E-state index in [1.165, 1.54) is 0 Å². The van der Waals surface area contributed by atoms with Crippen LogP contribution < -0.4 is 23.8 Å². The molecule has 7 heteroatoms. The van der Waals surface area contributed by atoms with E-state index in [0.717, 1.165) is 32.8 Å². The summed E-state index contributed by atoms with van der Waals surface area (Å²) < 4.78 is 10.7. The van der Waals surface area contributed by atoms with Crippen molar-refractivity contribution in [3.8, 4) is 0 Å². The van der Waals surface area contributed by atoms with Crippen LogP contribution in [0, 0.1) is 5.16 Å². The Morgan fingerprint density at radius 1 is 0.808 bits per heavy atom. The van der Waals surface area contributed by atoms with Gasteiger partial charge < -0.3 is 14.4 Å². The summed E-state index contributed by atoms with van der Waals surface area (Å²) >= 11 is 0. The number of quaternary nitrogens is 1. The van der Waals surface area contributed by atoms with E-state index >= 15 is 0 Å². The molecule has 0 aromatic heterocycles. The van der Waals surface area contributed by atoms with Crippen molar-refractivity contribution in [3.05, 3.63) is 16.4 Å². The van der Waals surface area contributed by atoms with E-state index in [1.807, 2.05) is 5.16 Å². The second kappa shape index (κ2) is 12.3. The molecule has 0 radical (unpaired) electrons. The fourth-order valence-electron chi connectivity index (χ4n) is 3.89. The topological polar surface area (TPSA) is 22.9 Å². The molecule has 0 heterocycles. The smallest absolute Gasteiger partial charge is 0.379 e. The van der Waals surface area contributed by atoms with E-state index in [2.05, 4.69) is 64.6 Å². The van der Waals surface area contributed by atoms with Gasteiger partial charge in [0.25, 0.3) is 0 Å². The first-order chi connectivity index (χ1) is 11.2. The van der Waals surface area contributed by atoms with Gasteiger partial charge in [0, 0.05) is 14.2 Å². The summed E-state index contributed by atoms with van der Waals surface area (Å²) in [5.74, 6) is 0. The third-order valence-corrected chi connectivity index (χ3v) is 13.5. The van der Waals surface area contributed by atoms with Crippen molar-refractivity contribution in [1.29, 1.82) is 0 Å². The van der Waals surface area contributed by atoms with E-state index in [0.29, 0.717) is 0 Å². The molecule has 0 amide bonds. The van der Waals surface area contributed by atoms with Crippen molar-refractivity contribution in [1.82, 2.24) is 0 Å². The van der Waals surface area contributed by atoms with E-state index in [9.17, 15) is 0 Å². The van der Waals surface area contributed by atoms with Crippen LogP contribution in [0.1, 0.15) is 0 Å². The van der Waals surface area contributed by atoms with Crippen LogP contribution in [0.15, 0.2) is 11.3 Å². The van der Waals surface area contributed by atoms with Crippen molar-refractivity contribution in [2.45, 2.75) is 58.9 Å². The van der Waals surface area contributed by atoms with Crippen LogP contribution in [0.5, 0.6) is 0 Å². The summed E-state index contributed by atoms with van der Waals surface area (Å²) in [6.45, 7) is 27.4. The summed E-state index contributed by atoms with van der Waals surface area (Å²) in [5.41, 5.74) is 4.37. The zero-order chi connectivity index (χ0) is 19.9. The second-order valence-corrected chi connectivity index (χ2v) is 25.8. The summed E-state index contributed by atoms with van der Waals surface area (Å²) in [4.78, 5) is 1.59. The zero-order valence-electron chi connectivity index (χ0n) is 19.9. The first-order valence-corrected chi connectivity index (χ1v) is 20.2. The van der Waals surface area contributed by atoms with Gasteiger partial charge in [0.2, 0.25) is 0 Å². The van der Waals surface area contributed by atoms with Gasteiger partial charge in [-0.1, -0.05) is 58.9 Å². The van der Waals surface area contributed by atoms with Crippen LogP contribution in [0.3, 0.4) is 0 Å². The minimum atomic E-state index is -1.36. The summed E-state index contributed by atoms with van der Waals surface area (Å²) in [7, 11) is -0.400. The molecule has 0 aliphatic rings. The molecule has 0 unspecified atom stereocenters. The molecule has 0 rings (SSSR count). The van der Waals surface area contributed by atoms with Crippen LogP contribution in [0.25, 0.3) is 0 Å². The summed E-state index contributed by atoms with van der Waals surface area (Å²) in [6.07, 6.45) is 0. The van der Waals surface area contributed by atoms with Gasteiger partial charge in [-0.2, -0.15) is 5.57 Å². The maximum absolute atomic E-state index is 5.37. The third kappa shape index (κ3) is 12.2. The van der Waals surface area contributed by atoms with Crippen molar-refractivity contribution in [2.75, 3.05) is 47.1 Å². The first kappa shape index (κ1) is 28.9. The average molecular weight is 411 g/mol. The van der Waals surface area contributed by atoms with Gasteiger partial charge in [0.05, 0.1) is 19.8 Å². The zero-order valence-corrected chi connectivity index (χ0v) is 22.9. The van der Waals surface area contributed by atoms with Crippen LogP contribution in [-0.4, -0.2) is 71.3 Å². The van der Waals surface area contributed by atoms with Crippen LogP contribution in [0.2, 0.25) is 58.9 Å².